The molecule has 3 nitrogen and oxygen atoms in total. The summed E-state index contributed by atoms with van der Waals surface area (Å²) in [5, 5.41) is 6.61. The number of carbonyl (C=O) groups is 1. The van der Waals surface area contributed by atoms with Gasteiger partial charge in [-0.2, -0.15) is 0 Å². The third kappa shape index (κ3) is 1.53. The fourth-order valence-corrected chi connectivity index (χ4v) is 1.46. The first-order valence-corrected chi connectivity index (χ1v) is 4.33. The van der Waals surface area contributed by atoms with Crippen LogP contribution < -0.4 is 10.6 Å². The maximum absolute atomic E-state index is 10.5. The van der Waals surface area contributed by atoms with Gasteiger partial charge in [-0.25, -0.2) is 0 Å². The van der Waals surface area contributed by atoms with Crippen LogP contribution in [0, 0.1) is 0 Å². The van der Waals surface area contributed by atoms with Crippen molar-refractivity contribution in [1.82, 2.24) is 5.32 Å². The van der Waals surface area contributed by atoms with Crippen molar-refractivity contribution in [2.45, 2.75) is 6.54 Å². The molecule has 2 rings (SSSR count). The molecule has 13 heavy (non-hydrogen) atoms. The SMILES string of the molecule is O=Cc1ccc2c(c1)NC(=S)NC2. The van der Waals surface area contributed by atoms with E-state index in [4.69, 9.17) is 12.2 Å². The highest BCUT2D eigenvalue weighted by Gasteiger charge is 2.10. The van der Waals surface area contributed by atoms with Gasteiger partial charge in [0.2, 0.25) is 0 Å². The summed E-state index contributed by atoms with van der Waals surface area (Å²) >= 11 is 4.95. The Morgan fingerprint density at radius 1 is 1.46 bits per heavy atom. The standard InChI is InChI=1S/C9H8N2OS/c12-5-6-1-2-7-4-10-9(13)11-8(7)3-6/h1-3,5H,4H2,(H2,10,11,13). The molecule has 0 radical (unpaired) electrons. The van der Waals surface area contributed by atoms with Gasteiger partial charge in [-0.05, 0) is 23.8 Å². The summed E-state index contributed by atoms with van der Waals surface area (Å²) in [6.07, 6.45) is 0.826. The second-order valence-corrected chi connectivity index (χ2v) is 3.25. The van der Waals surface area contributed by atoms with Crippen LogP contribution in [0.4, 0.5) is 5.69 Å². The molecule has 0 aromatic heterocycles. The Labute approximate surface area is 81.1 Å². The van der Waals surface area contributed by atoms with Gasteiger partial charge in [-0.15, -0.1) is 0 Å². The molecule has 0 aliphatic carbocycles. The molecular weight excluding hydrogens is 184 g/mol. The second kappa shape index (κ2) is 3.14. The molecule has 0 amide bonds. The van der Waals surface area contributed by atoms with Crippen LogP contribution >= 0.6 is 12.2 Å². The molecule has 0 spiro atoms. The number of hydrogen-bond donors (Lipinski definition) is 2. The summed E-state index contributed by atoms with van der Waals surface area (Å²) in [7, 11) is 0. The molecule has 4 heteroatoms. The van der Waals surface area contributed by atoms with Crippen LogP contribution in [0.2, 0.25) is 0 Å². The highest BCUT2D eigenvalue weighted by atomic mass is 32.1. The number of fused-ring (bicyclic) bond motifs is 1. The zero-order valence-electron chi connectivity index (χ0n) is 6.83. The van der Waals surface area contributed by atoms with Crippen molar-refractivity contribution in [3.63, 3.8) is 0 Å². The van der Waals surface area contributed by atoms with Crippen molar-refractivity contribution < 1.29 is 4.79 Å². The van der Waals surface area contributed by atoms with Crippen molar-refractivity contribution in [1.29, 1.82) is 0 Å². The number of hydrogen-bond acceptors (Lipinski definition) is 2. The molecule has 1 aliphatic rings. The molecule has 1 heterocycles. The number of thiocarbonyl (C=S) groups is 1. The molecule has 0 bridgehead atoms. The van der Waals surface area contributed by atoms with Crippen LogP contribution in [0.15, 0.2) is 18.2 Å². The first kappa shape index (κ1) is 8.19. The predicted molar refractivity (Wildman–Crippen MR) is 54.9 cm³/mol. The van der Waals surface area contributed by atoms with Crippen molar-refractivity contribution in [2.75, 3.05) is 5.32 Å². The van der Waals surface area contributed by atoms with Crippen molar-refractivity contribution in [2.24, 2.45) is 0 Å². The minimum atomic E-state index is 0.607. The Balaban J connectivity index is 2.43. The Morgan fingerprint density at radius 3 is 3.08 bits per heavy atom. The molecule has 0 atom stereocenters. The molecule has 0 saturated carbocycles. The Bertz CT molecular complexity index is 376. The van der Waals surface area contributed by atoms with Crippen molar-refractivity contribution in [3.8, 4) is 0 Å². The Morgan fingerprint density at radius 2 is 2.31 bits per heavy atom. The van der Waals surface area contributed by atoms with E-state index < -0.39 is 0 Å². The lowest BCUT2D eigenvalue weighted by Gasteiger charge is -2.20. The van der Waals surface area contributed by atoms with E-state index in [-0.39, 0.29) is 0 Å². The summed E-state index contributed by atoms with van der Waals surface area (Å²) < 4.78 is 0. The molecule has 0 saturated heterocycles. The van der Waals surface area contributed by atoms with Gasteiger partial charge in [0, 0.05) is 17.8 Å². The second-order valence-electron chi connectivity index (χ2n) is 2.84. The van der Waals surface area contributed by atoms with E-state index in [1.807, 2.05) is 6.07 Å². The van der Waals surface area contributed by atoms with Gasteiger partial charge in [-0.3, -0.25) is 4.79 Å². The van der Waals surface area contributed by atoms with E-state index in [1.165, 1.54) is 0 Å². The monoisotopic (exact) mass is 192 g/mol. The van der Waals surface area contributed by atoms with Crippen molar-refractivity contribution >= 4 is 29.3 Å². The summed E-state index contributed by atoms with van der Waals surface area (Å²) in [6.45, 7) is 0.723. The minimum absolute atomic E-state index is 0.607. The molecule has 1 aromatic rings. The van der Waals surface area contributed by atoms with Gasteiger partial charge in [0.25, 0.3) is 0 Å². The first-order valence-electron chi connectivity index (χ1n) is 3.92. The molecule has 1 aromatic carbocycles. The van der Waals surface area contributed by atoms with E-state index in [0.29, 0.717) is 10.7 Å². The van der Waals surface area contributed by atoms with Gasteiger partial charge in [-0.1, -0.05) is 12.1 Å². The first-order chi connectivity index (χ1) is 6.29. The molecule has 0 unspecified atom stereocenters. The molecule has 66 valence electrons. The zero-order chi connectivity index (χ0) is 9.26. The Kier molecular flexibility index (Phi) is 1.98. The third-order valence-corrected chi connectivity index (χ3v) is 2.20. The number of carbonyl (C=O) groups excluding carboxylic acids is 1. The lowest BCUT2D eigenvalue weighted by Crippen LogP contribution is -2.33. The van der Waals surface area contributed by atoms with E-state index in [0.717, 1.165) is 24.1 Å². The number of rotatable bonds is 1. The number of nitrogens with one attached hydrogen (secondary N) is 2. The third-order valence-electron chi connectivity index (χ3n) is 1.96. The lowest BCUT2D eigenvalue weighted by atomic mass is 10.1. The van der Waals surface area contributed by atoms with Crippen LogP contribution in [-0.4, -0.2) is 11.4 Å². The van der Waals surface area contributed by atoms with Crippen molar-refractivity contribution in [3.05, 3.63) is 29.3 Å². The molecule has 2 N–H and O–H groups in total. The van der Waals surface area contributed by atoms with Crippen LogP contribution in [0.25, 0.3) is 0 Å². The lowest BCUT2D eigenvalue weighted by molar-refractivity contribution is 0.112. The summed E-state index contributed by atoms with van der Waals surface area (Å²) in [5.74, 6) is 0. The summed E-state index contributed by atoms with van der Waals surface area (Å²) in [6, 6.07) is 5.51. The van der Waals surface area contributed by atoms with E-state index in [2.05, 4.69) is 10.6 Å². The maximum Gasteiger partial charge on any atom is 0.171 e. The van der Waals surface area contributed by atoms with Crippen LogP contribution in [0.3, 0.4) is 0 Å². The predicted octanol–water partition coefficient (Wildman–Crippen LogP) is 1.30. The zero-order valence-corrected chi connectivity index (χ0v) is 7.65. The van der Waals surface area contributed by atoms with Gasteiger partial charge in [0.05, 0.1) is 0 Å². The van der Waals surface area contributed by atoms with Crippen LogP contribution in [-0.2, 0) is 6.54 Å². The van der Waals surface area contributed by atoms with Gasteiger partial charge in [0.1, 0.15) is 6.29 Å². The van der Waals surface area contributed by atoms with Gasteiger partial charge in [0.15, 0.2) is 5.11 Å². The average Bonchev–Trinajstić information content (AvgIpc) is 2.16. The molecular formula is C9H8N2OS. The highest BCUT2D eigenvalue weighted by molar-refractivity contribution is 7.80. The van der Waals surface area contributed by atoms with E-state index in [1.54, 1.807) is 12.1 Å². The van der Waals surface area contributed by atoms with E-state index in [9.17, 15) is 4.79 Å². The van der Waals surface area contributed by atoms with Gasteiger partial charge < -0.3 is 10.6 Å². The molecule has 1 aliphatic heterocycles. The quantitative estimate of drug-likeness (QED) is 0.520. The minimum Gasteiger partial charge on any atom is -0.358 e. The normalized spacial score (nSPS) is 14.0. The van der Waals surface area contributed by atoms with Gasteiger partial charge >= 0.3 is 0 Å². The average molecular weight is 192 g/mol. The van der Waals surface area contributed by atoms with Crippen LogP contribution in [0.5, 0.6) is 0 Å². The number of anilines is 1. The highest BCUT2D eigenvalue weighted by Crippen LogP contribution is 2.19. The topological polar surface area (TPSA) is 41.1 Å². The maximum atomic E-state index is 10.5. The Hall–Kier alpha value is -1.42. The summed E-state index contributed by atoms with van der Waals surface area (Å²) in [5.41, 5.74) is 2.71. The van der Waals surface area contributed by atoms with Crippen LogP contribution in [0.1, 0.15) is 15.9 Å². The fraction of sp³-hybridized carbons (Fsp3) is 0.111. The number of benzene rings is 1. The largest absolute Gasteiger partial charge is 0.358 e. The summed E-state index contributed by atoms with van der Waals surface area (Å²) in [4.78, 5) is 10.5. The number of aldehydes is 1. The smallest absolute Gasteiger partial charge is 0.171 e. The van der Waals surface area contributed by atoms with E-state index >= 15 is 0 Å². The molecule has 0 fully saturated rings. The fourth-order valence-electron chi connectivity index (χ4n) is 1.28.